The molecule has 1 saturated heterocycles. The SMILES string of the molecule is COc1ccc(N2CCN(CCC3CCOc4ccccc43)CC2)cc1. The average Bonchev–Trinajstić information content (AvgIpc) is 2.73. The number of benzene rings is 2. The smallest absolute Gasteiger partial charge is 0.122 e. The maximum absolute atomic E-state index is 5.80. The van der Waals surface area contributed by atoms with E-state index in [0.29, 0.717) is 5.92 Å². The Morgan fingerprint density at radius 1 is 1.00 bits per heavy atom. The van der Waals surface area contributed by atoms with E-state index in [0.717, 1.165) is 50.7 Å². The number of anilines is 1. The molecule has 1 fully saturated rings. The molecule has 2 heterocycles. The maximum atomic E-state index is 5.80. The fourth-order valence-electron chi connectivity index (χ4n) is 4.08. The summed E-state index contributed by atoms with van der Waals surface area (Å²) in [6, 6.07) is 17.0. The monoisotopic (exact) mass is 352 g/mol. The van der Waals surface area contributed by atoms with Gasteiger partial charge in [0.15, 0.2) is 0 Å². The van der Waals surface area contributed by atoms with Crippen LogP contribution in [-0.2, 0) is 0 Å². The fraction of sp³-hybridized carbons (Fsp3) is 0.455. The molecule has 26 heavy (non-hydrogen) atoms. The lowest BCUT2D eigenvalue weighted by Gasteiger charge is -2.37. The van der Waals surface area contributed by atoms with Gasteiger partial charge in [0.2, 0.25) is 0 Å². The number of fused-ring (bicyclic) bond motifs is 1. The Labute approximate surface area is 156 Å². The normalized spacial score (nSPS) is 20.3. The Bertz CT molecular complexity index is 708. The first-order valence-corrected chi connectivity index (χ1v) is 9.66. The molecule has 1 atom stereocenters. The van der Waals surface area contributed by atoms with E-state index in [1.807, 2.05) is 12.1 Å². The number of hydrogen-bond donors (Lipinski definition) is 0. The van der Waals surface area contributed by atoms with Crippen molar-refractivity contribution in [3.05, 3.63) is 54.1 Å². The average molecular weight is 352 g/mol. The summed E-state index contributed by atoms with van der Waals surface area (Å²) >= 11 is 0. The standard InChI is InChI=1S/C22H28N2O2/c1-25-20-8-6-19(7-9-20)24-15-13-23(14-16-24)12-10-18-11-17-26-22-5-3-2-4-21(18)22/h2-9,18H,10-17H2,1H3. The summed E-state index contributed by atoms with van der Waals surface area (Å²) in [5.41, 5.74) is 2.69. The first-order chi connectivity index (χ1) is 12.8. The third-order valence-corrected chi connectivity index (χ3v) is 5.69. The summed E-state index contributed by atoms with van der Waals surface area (Å²) in [6.45, 7) is 6.49. The highest BCUT2D eigenvalue weighted by Gasteiger charge is 2.23. The van der Waals surface area contributed by atoms with E-state index in [2.05, 4.69) is 46.2 Å². The minimum absolute atomic E-state index is 0.638. The van der Waals surface area contributed by atoms with Gasteiger partial charge in [-0.15, -0.1) is 0 Å². The second-order valence-corrected chi connectivity index (χ2v) is 7.19. The van der Waals surface area contributed by atoms with Crippen molar-refractivity contribution < 1.29 is 9.47 Å². The minimum atomic E-state index is 0.638. The van der Waals surface area contributed by atoms with Gasteiger partial charge in [0, 0.05) is 31.9 Å². The van der Waals surface area contributed by atoms with Crippen LogP contribution in [0.15, 0.2) is 48.5 Å². The highest BCUT2D eigenvalue weighted by atomic mass is 16.5. The molecule has 1 unspecified atom stereocenters. The number of hydrogen-bond acceptors (Lipinski definition) is 4. The summed E-state index contributed by atoms with van der Waals surface area (Å²) < 4.78 is 11.0. The third-order valence-electron chi connectivity index (χ3n) is 5.69. The van der Waals surface area contributed by atoms with Crippen molar-refractivity contribution in [3.8, 4) is 11.5 Å². The number of nitrogens with zero attached hydrogens (tertiary/aromatic N) is 2. The molecule has 0 amide bonds. The van der Waals surface area contributed by atoms with E-state index in [9.17, 15) is 0 Å². The lowest BCUT2D eigenvalue weighted by atomic mass is 9.90. The van der Waals surface area contributed by atoms with Crippen LogP contribution in [-0.4, -0.2) is 51.3 Å². The molecule has 4 nitrogen and oxygen atoms in total. The van der Waals surface area contributed by atoms with Gasteiger partial charge in [0.25, 0.3) is 0 Å². The fourth-order valence-corrected chi connectivity index (χ4v) is 4.08. The molecule has 2 aliphatic heterocycles. The molecule has 0 saturated carbocycles. The van der Waals surface area contributed by atoms with Crippen molar-refractivity contribution in [3.63, 3.8) is 0 Å². The molecule has 4 rings (SSSR count). The second kappa shape index (κ2) is 8.00. The number of piperazine rings is 1. The maximum Gasteiger partial charge on any atom is 0.122 e. The molecule has 4 heteroatoms. The van der Waals surface area contributed by atoms with Gasteiger partial charge >= 0.3 is 0 Å². The van der Waals surface area contributed by atoms with Gasteiger partial charge in [0.05, 0.1) is 13.7 Å². The van der Waals surface area contributed by atoms with Crippen LogP contribution in [0.25, 0.3) is 0 Å². The van der Waals surface area contributed by atoms with Crippen LogP contribution in [0.5, 0.6) is 11.5 Å². The van der Waals surface area contributed by atoms with Crippen molar-refractivity contribution in [2.75, 3.05) is 51.3 Å². The summed E-state index contributed by atoms with van der Waals surface area (Å²) in [7, 11) is 1.71. The Hall–Kier alpha value is -2.20. The van der Waals surface area contributed by atoms with Crippen LogP contribution in [0.1, 0.15) is 24.3 Å². The van der Waals surface area contributed by atoms with Gasteiger partial charge in [-0.25, -0.2) is 0 Å². The van der Waals surface area contributed by atoms with Gasteiger partial charge in [-0.3, -0.25) is 4.90 Å². The lowest BCUT2D eigenvalue weighted by molar-refractivity contribution is 0.223. The molecule has 0 bridgehead atoms. The number of rotatable bonds is 5. The van der Waals surface area contributed by atoms with Crippen LogP contribution >= 0.6 is 0 Å². The number of para-hydroxylation sites is 1. The Morgan fingerprint density at radius 3 is 2.54 bits per heavy atom. The van der Waals surface area contributed by atoms with Gasteiger partial charge < -0.3 is 14.4 Å². The van der Waals surface area contributed by atoms with E-state index < -0.39 is 0 Å². The Morgan fingerprint density at radius 2 is 1.77 bits per heavy atom. The molecule has 2 aromatic rings. The van der Waals surface area contributed by atoms with Crippen molar-refractivity contribution in [1.82, 2.24) is 4.90 Å². The molecule has 0 aromatic heterocycles. The van der Waals surface area contributed by atoms with Crippen molar-refractivity contribution >= 4 is 5.69 Å². The van der Waals surface area contributed by atoms with Crippen LogP contribution < -0.4 is 14.4 Å². The molecule has 0 radical (unpaired) electrons. The van der Waals surface area contributed by atoms with Gasteiger partial charge in [0.1, 0.15) is 11.5 Å². The lowest BCUT2D eigenvalue weighted by Crippen LogP contribution is -2.46. The van der Waals surface area contributed by atoms with Crippen molar-refractivity contribution in [1.29, 1.82) is 0 Å². The first kappa shape index (κ1) is 17.2. The summed E-state index contributed by atoms with van der Waals surface area (Å²) in [5, 5.41) is 0. The summed E-state index contributed by atoms with van der Waals surface area (Å²) in [5.74, 6) is 2.65. The van der Waals surface area contributed by atoms with Crippen LogP contribution in [0, 0.1) is 0 Å². The molecule has 0 N–H and O–H groups in total. The number of methoxy groups -OCH3 is 1. The van der Waals surface area contributed by atoms with E-state index in [1.54, 1.807) is 7.11 Å². The largest absolute Gasteiger partial charge is 0.497 e. The minimum Gasteiger partial charge on any atom is -0.497 e. The van der Waals surface area contributed by atoms with Crippen molar-refractivity contribution in [2.45, 2.75) is 18.8 Å². The molecular formula is C22H28N2O2. The van der Waals surface area contributed by atoms with Crippen LogP contribution in [0.2, 0.25) is 0 Å². The predicted molar refractivity (Wildman–Crippen MR) is 106 cm³/mol. The zero-order valence-corrected chi connectivity index (χ0v) is 15.6. The Balaban J connectivity index is 1.28. The quantitative estimate of drug-likeness (QED) is 0.818. The van der Waals surface area contributed by atoms with E-state index in [-0.39, 0.29) is 0 Å². The Kier molecular flexibility index (Phi) is 5.30. The molecule has 0 aliphatic carbocycles. The number of ether oxygens (including phenoxy) is 2. The van der Waals surface area contributed by atoms with Gasteiger partial charge in [-0.05, 0) is 61.2 Å². The van der Waals surface area contributed by atoms with Crippen molar-refractivity contribution in [2.24, 2.45) is 0 Å². The second-order valence-electron chi connectivity index (χ2n) is 7.19. The molecular weight excluding hydrogens is 324 g/mol. The van der Waals surface area contributed by atoms with E-state index >= 15 is 0 Å². The van der Waals surface area contributed by atoms with E-state index in [4.69, 9.17) is 9.47 Å². The van der Waals surface area contributed by atoms with Gasteiger partial charge in [-0.1, -0.05) is 18.2 Å². The molecule has 2 aliphatic rings. The molecule has 138 valence electrons. The van der Waals surface area contributed by atoms with E-state index in [1.165, 1.54) is 24.2 Å². The zero-order chi connectivity index (χ0) is 17.8. The molecule has 2 aromatic carbocycles. The van der Waals surface area contributed by atoms with Crippen LogP contribution in [0.3, 0.4) is 0 Å². The van der Waals surface area contributed by atoms with Gasteiger partial charge in [-0.2, -0.15) is 0 Å². The first-order valence-electron chi connectivity index (χ1n) is 9.66. The van der Waals surface area contributed by atoms with Crippen LogP contribution in [0.4, 0.5) is 5.69 Å². The predicted octanol–water partition coefficient (Wildman–Crippen LogP) is 3.77. The zero-order valence-electron chi connectivity index (χ0n) is 15.6. The topological polar surface area (TPSA) is 24.9 Å². The molecule has 0 spiro atoms. The highest BCUT2D eigenvalue weighted by molar-refractivity contribution is 5.49. The summed E-state index contributed by atoms with van der Waals surface area (Å²) in [6.07, 6.45) is 2.37. The highest BCUT2D eigenvalue weighted by Crippen LogP contribution is 2.35. The third kappa shape index (κ3) is 3.80. The summed E-state index contributed by atoms with van der Waals surface area (Å²) in [4.78, 5) is 5.08.